The van der Waals surface area contributed by atoms with Crippen molar-refractivity contribution in [2.24, 2.45) is 0 Å². The van der Waals surface area contributed by atoms with Crippen LogP contribution in [0.15, 0.2) is 36.4 Å². The zero-order valence-corrected chi connectivity index (χ0v) is 10.9. The molecule has 5 nitrogen and oxygen atoms in total. The van der Waals surface area contributed by atoms with Gasteiger partial charge in [-0.1, -0.05) is 0 Å². The van der Waals surface area contributed by atoms with Crippen molar-refractivity contribution in [3.05, 3.63) is 63.7 Å². The molecule has 0 aliphatic carbocycles. The average Bonchev–Trinajstić information content (AvgIpc) is 2.40. The fourth-order valence-corrected chi connectivity index (χ4v) is 1.78. The molecule has 1 N–H and O–H groups in total. The fourth-order valence-electron chi connectivity index (χ4n) is 1.78. The van der Waals surface area contributed by atoms with Crippen molar-refractivity contribution in [1.82, 2.24) is 0 Å². The van der Waals surface area contributed by atoms with E-state index in [0.717, 1.165) is 30.3 Å². The highest BCUT2D eigenvalue weighted by Gasteiger charge is 2.19. The van der Waals surface area contributed by atoms with Gasteiger partial charge < -0.3 is 9.84 Å². The SMILES string of the molecule is CC(O)c1cc(F)ccc1Oc1cc(F)ccc1[N+](=O)[O-]. The van der Waals surface area contributed by atoms with Gasteiger partial charge >= 0.3 is 5.69 Å². The van der Waals surface area contributed by atoms with E-state index in [2.05, 4.69) is 0 Å². The first-order chi connectivity index (χ1) is 9.88. The van der Waals surface area contributed by atoms with Crippen LogP contribution in [-0.4, -0.2) is 10.0 Å². The Morgan fingerprint density at radius 3 is 2.38 bits per heavy atom. The Kier molecular flexibility index (Phi) is 4.13. The van der Waals surface area contributed by atoms with Gasteiger partial charge in [-0.3, -0.25) is 10.1 Å². The standard InChI is InChI=1S/C14H11F2NO4/c1-8(18)11-6-9(15)3-5-13(11)21-14-7-10(16)2-4-12(14)17(19)20/h2-8,18H,1H3. The number of hydrogen-bond donors (Lipinski definition) is 1. The monoisotopic (exact) mass is 295 g/mol. The lowest BCUT2D eigenvalue weighted by atomic mass is 10.1. The largest absolute Gasteiger partial charge is 0.450 e. The van der Waals surface area contributed by atoms with E-state index >= 15 is 0 Å². The Morgan fingerprint density at radius 1 is 1.14 bits per heavy atom. The fraction of sp³-hybridized carbons (Fsp3) is 0.143. The molecule has 2 aromatic rings. The lowest BCUT2D eigenvalue weighted by Gasteiger charge is -2.13. The third-order valence-electron chi connectivity index (χ3n) is 2.76. The predicted molar refractivity (Wildman–Crippen MR) is 70.2 cm³/mol. The van der Waals surface area contributed by atoms with Gasteiger partial charge in [0.25, 0.3) is 0 Å². The molecule has 110 valence electrons. The highest BCUT2D eigenvalue weighted by atomic mass is 19.1. The summed E-state index contributed by atoms with van der Waals surface area (Å²) in [5.74, 6) is -1.61. The lowest BCUT2D eigenvalue weighted by Crippen LogP contribution is -1.99. The summed E-state index contributed by atoms with van der Waals surface area (Å²) in [7, 11) is 0. The average molecular weight is 295 g/mol. The summed E-state index contributed by atoms with van der Waals surface area (Å²) in [4.78, 5) is 10.2. The molecule has 0 bridgehead atoms. The van der Waals surface area contributed by atoms with Crippen molar-refractivity contribution in [2.45, 2.75) is 13.0 Å². The van der Waals surface area contributed by atoms with Crippen LogP contribution in [0.3, 0.4) is 0 Å². The van der Waals surface area contributed by atoms with Crippen LogP contribution in [0.1, 0.15) is 18.6 Å². The molecule has 2 aromatic carbocycles. The maximum atomic E-state index is 13.2. The normalized spacial score (nSPS) is 12.0. The van der Waals surface area contributed by atoms with Crippen molar-refractivity contribution >= 4 is 5.69 Å². The molecule has 0 heterocycles. The van der Waals surface area contributed by atoms with E-state index in [-0.39, 0.29) is 17.1 Å². The van der Waals surface area contributed by atoms with E-state index in [1.54, 1.807) is 0 Å². The number of nitro groups is 1. The summed E-state index contributed by atoms with van der Waals surface area (Å²) in [6.07, 6.45) is -1.05. The first-order valence-electron chi connectivity index (χ1n) is 5.98. The topological polar surface area (TPSA) is 72.6 Å². The second kappa shape index (κ2) is 5.84. The number of halogens is 2. The van der Waals surface area contributed by atoms with Gasteiger partial charge in [-0.25, -0.2) is 8.78 Å². The van der Waals surface area contributed by atoms with Crippen LogP contribution in [0, 0.1) is 21.7 Å². The number of ether oxygens (including phenoxy) is 1. The van der Waals surface area contributed by atoms with Gasteiger partial charge in [-0.2, -0.15) is 0 Å². The number of aliphatic hydroxyl groups excluding tert-OH is 1. The number of benzene rings is 2. The molecule has 0 saturated carbocycles. The van der Waals surface area contributed by atoms with E-state index in [9.17, 15) is 24.0 Å². The van der Waals surface area contributed by atoms with E-state index in [1.165, 1.54) is 13.0 Å². The Hall–Kier alpha value is -2.54. The molecule has 0 amide bonds. The van der Waals surface area contributed by atoms with E-state index < -0.39 is 28.3 Å². The lowest BCUT2D eigenvalue weighted by molar-refractivity contribution is -0.385. The quantitative estimate of drug-likeness (QED) is 0.689. The molecule has 1 unspecified atom stereocenters. The molecule has 1 atom stereocenters. The van der Waals surface area contributed by atoms with Crippen LogP contribution in [0.25, 0.3) is 0 Å². The highest BCUT2D eigenvalue weighted by Crippen LogP contribution is 2.35. The van der Waals surface area contributed by atoms with Crippen molar-refractivity contribution in [3.63, 3.8) is 0 Å². The Morgan fingerprint density at radius 2 is 1.76 bits per heavy atom. The van der Waals surface area contributed by atoms with Crippen LogP contribution in [-0.2, 0) is 0 Å². The molecule has 0 aliphatic heterocycles. The van der Waals surface area contributed by atoms with Gasteiger partial charge in [0.15, 0.2) is 0 Å². The number of aliphatic hydroxyl groups is 1. The molecule has 2 rings (SSSR count). The molecule has 0 aliphatic rings. The van der Waals surface area contributed by atoms with Crippen LogP contribution >= 0.6 is 0 Å². The molecular formula is C14H11F2NO4. The minimum Gasteiger partial charge on any atom is -0.450 e. The Balaban J connectivity index is 2.47. The number of hydrogen-bond acceptors (Lipinski definition) is 4. The summed E-state index contributed by atoms with van der Waals surface area (Å²) >= 11 is 0. The number of nitro benzene ring substituents is 1. The summed E-state index contributed by atoms with van der Waals surface area (Å²) < 4.78 is 31.7. The molecule has 0 spiro atoms. The highest BCUT2D eigenvalue weighted by molar-refractivity contribution is 5.50. The first kappa shape index (κ1) is 14.9. The van der Waals surface area contributed by atoms with Crippen molar-refractivity contribution in [3.8, 4) is 11.5 Å². The summed E-state index contributed by atoms with van der Waals surface area (Å²) in [5.41, 5.74) is -0.328. The summed E-state index contributed by atoms with van der Waals surface area (Å²) in [6, 6.07) is 6.10. The second-order valence-corrected chi connectivity index (χ2v) is 4.33. The molecule has 21 heavy (non-hydrogen) atoms. The molecular weight excluding hydrogens is 284 g/mol. The minimum absolute atomic E-state index is 0.0140. The molecule has 7 heteroatoms. The van der Waals surface area contributed by atoms with Crippen LogP contribution in [0.5, 0.6) is 11.5 Å². The van der Waals surface area contributed by atoms with E-state index in [1.807, 2.05) is 0 Å². The van der Waals surface area contributed by atoms with Crippen LogP contribution in [0.4, 0.5) is 14.5 Å². The van der Waals surface area contributed by atoms with Gasteiger partial charge in [0, 0.05) is 17.7 Å². The van der Waals surface area contributed by atoms with Crippen molar-refractivity contribution in [1.29, 1.82) is 0 Å². The number of nitrogens with zero attached hydrogens (tertiary/aromatic N) is 1. The Bertz CT molecular complexity index is 689. The maximum absolute atomic E-state index is 13.2. The zero-order valence-electron chi connectivity index (χ0n) is 10.9. The smallest absolute Gasteiger partial charge is 0.311 e. The molecule has 0 saturated heterocycles. The summed E-state index contributed by atoms with van der Waals surface area (Å²) in [5, 5.41) is 20.5. The summed E-state index contributed by atoms with van der Waals surface area (Å²) in [6.45, 7) is 1.39. The van der Waals surface area contributed by atoms with Gasteiger partial charge in [0.2, 0.25) is 5.75 Å². The van der Waals surface area contributed by atoms with Crippen LogP contribution in [0.2, 0.25) is 0 Å². The number of rotatable bonds is 4. The molecule has 0 fully saturated rings. The van der Waals surface area contributed by atoms with E-state index in [0.29, 0.717) is 0 Å². The third-order valence-corrected chi connectivity index (χ3v) is 2.76. The first-order valence-corrected chi connectivity index (χ1v) is 5.98. The minimum atomic E-state index is -1.05. The predicted octanol–water partition coefficient (Wildman–Crippen LogP) is 3.72. The van der Waals surface area contributed by atoms with Gasteiger partial charge in [0.05, 0.1) is 11.0 Å². The van der Waals surface area contributed by atoms with Gasteiger partial charge in [-0.15, -0.1) is 0 Å². The van der Waals surface area contributed by atoms with Crippen LogP contribution < -0.4 is 4.74 Å². The van der Waals surface area contributed by atoms with Crippen molar-refractivity contribution in [2.75, 3.05) is 0 Å². The molecule has 0 radical (unpaired) electrons. The molecule has 0 aromatic heterocycles. The maximum Gasteiger partial charge on any atom is 0.311 e. The Labute approximate surface area is 118 Å². The van der Waals surface area contributed by atoms with Gasteiger partial charge in [-0.05, 0) is 31.2 Å². The van der Waals surface area contributed by atoms with E-state index in [4.69, 9.17) is 4.74 Å². The third kappa shape index (κ3) is 3.32. The van der Waals surface area contributed by atoms with Crippen molar-refractivity contribution < 1.29 is 23.5 Å². The zero-order chi connectivity index (χ0) is 15.6. The van der Waals surface area contributed by atoms with Gasteiger partial charge in [0.1, 0.15) is 17.4 Å². The second-order valence-electron chi connectivity index (χ2n) is 4.33.